The van der Waals surface area contributed by atoms with E-state index < -0.39 is 5.21 Å². The first kappa shape index (κ1) is 19.8. The van der Waals surface area contributed by atoms with Gasteiger partial charge in [-0.2, -0.15) is 0 Å². The van der Waals surface area contributed by atoms with Crippen molar-refractivity contribution in [3.05, 3.63) is 72.2 Å². The number of hydrogen-bond donors (Lipinski definition) is 1. The quantitative estimate of drug-likeness (QED) is 0.529. The molecule has 0 bridgehead atoms. The Morgan fingerprint density at radius 2 is 1.73 bits per heavy atom. The number of carbonyl (C=O) groups excluding carboxylic acids is 1. The monoisotopic (exact) mass is 399 g/mol. The topological polar surface area (TPSA) is 72.7 Å². The van der Waals surface area contributed by atoms with E-state index in [9.17, 15) is 9.18 Å². The summed E-state index contributed by atoms with van der Waals surface area (Å²) in [6.07, 6.45) is 5.23. The molecule has 3 heterocycles. The van der Waals surface area contributed by atoms with Gasteiger partial charge in [0, 0.05) is 30.0 Å². The first-order valence-electron chi connectivity index (χ1n) is 9.58. The molecule has 0 atom stereocenters. The molecule has 0 fully saturated rings. The van der Waals surface area contributed by atoms with E-state index in [4.69, 9.17) is 0 Å². The predicted octanol–water partition coefficient (Wildman–Crippen LogP) is 1.54. The summed E-state index contributed by atoms with van der Waals surface area (Å²) in [7, 11) is 5.53. The summed E-state index contributed by atoms with van der Waals surface area (Å²) in [5.41, 5.74) is 2.43. The van der Waals surface area contributed by atoms with Gasteiger partial charge in [-0.15, -0.1) is 0 Å². The number of anilines is 1. The third kappa shape index (κ3) is 3.58. The van der Waals surface area contributed by atoms with Crippen molar-refractivity contribution in [2.75, 3.05) is 5.32 Å². The van der Waals surface area contributed by atoms with Gasteiger partial charge in [-0.1, -0.05) is 12.1 Å². The minimum atomic E-state index is -0.847. The number of nitrogens with one attached hydrogen (secondary N) is 1. The van der Waals surface area contributed by atoms with E-state index in [-0.39, 0.29) is 11.7 Å². The molecule has 4 aromatic rings. The molecule has 1 N–H and O–H groups in total. The van der Waals surface area contributed by atoms with E-state index in [0.29, 0.717) is 5.82 Å². The molecule has 0 aliphatic heterocycles. The molecule has 0 aliphatic carbocycles. The van der Waals surface area contributed by atoms with Crippen LogP contribution in [0.4, 0.5) is 10.2 Å². The Kier molecular flexibility index (Phi) is 4.89. The summed E-state index contributed by atoms with van der Waals surface area (Å²) in [4.78, 5) is 26.1. The lowest BCUT2D eigenvalue weighted by molar-refractivity contribution is -0.117. The summed E-state index contributed by atoms with van der Waals surface area (Å²) in [5, 5.41) is 3.81. The molecular weight excluding hydrogens is 379 g/mol. The van der Waals surface area contributed by atoms with Gasteiger partial charge in [0.2, 0.25) is 5.91 Å². The number of rotatable bonds is 4. The van der Waals surface area contributed by atoms with Crippen molar-refractivity contribution in [3.63, 3.8) is 0 Å². The number of carbonyl (C=O) groups is 1. The third-order valence-corrected chi connectivity index (χ3v) is 5.46. The Balaban J connectivity index is 1.63. The molecule has 1 amide bonds. The van der Waals surface area contributed by atoms with Gasteiger partial charge in [0.25, 0.3) is 0 Å². The zero-order valence-corrected chi connectivity index (χ0v) is 17.3. The van der Waals surface area contributed by atoms with Crippen LogP contribution in [0.5, 0.6) is 0 Å². The standard InChI is InChI=1S/C21H20B2FN5O/c1-12-25-11-18(29(12)2)17-7-13-8-19(27-10-14(13)9-26-17)28-20(30)21(22,23)15-3-5-16(24)6-4-15/h3-11H,22-23H2,1-2H3,(H,27,28,30). The van der Waals surface area contributed by atoms with Crippen molar-refractivity contribution in [2.45, 2.75) is 12.1 Å². The molecule has 9 heteroatoms. The summed E-state index contributed by atoms with van der Waals surface area (Å²) in [6.45, 7) is 1.94. The van der Waals surface area contributed by atoms with E-state index >= 15 is 0 Å². The van der Waals surface area contributed by atoms with E-state index in [0.717, 1.165) is 33.5 Å². The van der Waals surface area contributed by atoms with Gasteiger partial charge in [-0.05, 0) is 42.1 Å². The zero-order chi connectivity index (χ0) is 21.5. The smallest absolute Gasteiger partial charge is 0.220 e. The molecule has 4 rings (SSSR count). The first-order chi connectivity index (χ1) is 14.3. The lowest BCUT2D eigenvalue weighted by Crippen LogP contribution is -2.41. The summed E-state index contributed by atoms with van der Waals surface area (Å²) >= 11 is 0. The Labute approximate surface area is 175 Å². The van der Waals surface area contributed by atoms with Gasteiger partial charge in [0.05, 0.1) is 17.6 Å². The SMILES string of the molecule is BC(B)(C(=O)Nc1cc2cc(-c3cnc(C)n3C)ncc2cn1)c1ccc(F)cc1. The Hall–Kier alpha value is -3.48. The van der Waals surface area contributed by atoms with Crippen molar-refractivity contribution >= 4 is 38.2 Å². The second-order valence-corrected chi connectivity index (χ2v) is 7.82. The number of nitrogens with zero attached hydrogens (tertiary/aromatic N) is 4. The van der Waals surface area contributed by atoms with Gasteiger partial charge >= 0.3 is 0 Å². The minimum absolute atomic E-state index is 0.225. The van der Waals surface area contributed by atoms with Gasteiger partial charge in [-0.25, -0.2) is 14.4 Å². The highest BCUT2D eigenvalue weighted by Crippen LogP contribution is 2.25. The second kappa shape index (κ2) is 7.40. The van der Waals surface area contributed by atoms with Gasteiger partial charge in [0.15, 0.2) is 0 Å². The molecule has 0 unspecified atom stereocenters. The van der Waals surface area contributed by atoms with E-state index in [1.807, 2.05) is 30.7 Å². The number of pyridine rings is 2. The second-order valence-electron chi connectivity index (χ2n) is 7.82. The molecule has 1 aromatic carbocycles. The van der Waals surface area contributed by atoms with Crippen LogP contribution < -0.4 is 5.32 Å². The number of hydrogen-bond acceptors (Lipinski definition) is 4. The van der Waals surface area contributed by atoms with Crippen molar-refractivity contribution in [1.82, 2.24) is 19.5 Å². The maximum Gasteiger partial charge on any atom is 0.220 e. The van der Waals surface area contributed by atoms with Crippen LogP contribution >= 0.6 is 0 Å². The van der Waals surface area contributed by atoms with Gasteiger partial charge in [0.1, 0.15) is 33.2 Å². The third-order valence-electron chi connectivity index (χ3n) is 5.46. The summed E-state index contributed by atoms with van der Waals surface area (Å²) in [6, 6.07) is 9.73. The van der Waals surface area contributed by atoms with E-state index in [2.05, 4.69) is 20.3 Å². The van der Waals surface area contributed by atoms with E-state index in [1.165, 1.54) is 12.1 Å². The van der Waals surface area contributed by atoms with Crippen molar-refractivity contribution < 1.29 is 9.18 Å². The normalized spacial score (nSPS) is 11.6. The fourth-order valence-corrected chi connectivity index (χ4v) is 3.26. The highest BCUT2D eigenvalue weighted by atomic mass is 19.1. The molecule has 30 heavy (non-hydrogen) atoms. The fraction of sp³-hybridized carbons (Fsp3) is 0.143. The van der Waals surface area contributed by atoms with Crippen LogP contribution in [0.25, 0.3) is 22.2 Å². The maximum atomic E-state index is 13.2. The molecule has 0 saturated carbocycles. The van der Waals surface area contributed by atoms with E-state index in [1.54, 1.807) is 46.4 Å². The van der Waals surface area contributed by atoms with Crippen molar-refractivity contribution in [2.24, 2.45) is 7.05 Å². The molecule has 3 aromatic heterocycles. The molecule has 0 spiro atoms. The number of benzene rings is 1. The number of aryl methyl sites for hydroxylation is 1. The predicted molar refractivity (Wildman–Crippen MR) is 120 cm³/mol. The molecule has 0 aliphatic rings. The minimum Gasteiger partial charge on any atom is -0.330 e. The molecular formula is C21H20B2FN5O. The van der Waals surface area contributed by atoms with Gasteiger partial charge < -0.3 is 9.88 Å². The maximum absolute atomic E-state index is 13.2. The summed E-state index contributed by atoms with van der Waals surface area (Å²) < 4.78 is 15.2. The summed E-state index contributed by atoms with van der Waals surface area (Å²) in [5.74, 6) is 0.787. The number of aromatic nitrogens is 4. The van der Waals surface area contributed by atoms with Crippen LogP contribution in [0, 0.1) is 12.7 Å². The highest BCUT2D eigenvalue weighted by Gasteiger charge is 2.30. The lowest BCUT2D eigenvalue weighted by atomic mass is 9.50. The lowest BCUT2D eigenvalue weighted by Gasteiger charge is -2.24. The zero-order valence-electron chi connectivity index (χ0n) is 17.3. The molecule has 0 radical (unpaired) electrons. The molecule has 148 valence electrons. The number of halogens is 1. The van der Waals surface area contributed by atoms with Crippen LogP contribution in [0.1, 0.15) is 11.4 Å². The Morgan fingerprint density at radius 3 is 2.40 bits per heavy atom. The average molecular weight is 399 g/mol. The number of fused-ring (bicyclic) bond motifs is 1. The van der Waals surface area contributed by atoms with Crippen LogP contribution in [-0.4, -0.2) is 41.1 Å². The average Bonchev–Trinajstić information content (AvgIpc) is 3.06. The van der Waals surface area contributed by atoms with Crippen LogP contribution in [0.3, 0.4) is 0 Å². The Morgan fingerprint density at radius 1 is 1.03 bits per heavy atom. The van der Waals surface area contributed by atoms with Crippen molar-refractivity contribution in [1.29, 1.82) is 0 Å². The number of amides is 1. The van der Waals surface area contributed by atoms with Crippen molar-refractivity contribution in [3.8, 4) is 11.4 Å². The van der Waals surface area contributed by atoms with Crippen LogP contribution in [0.15, 0.2) is 55.0 Å². The molecule has 0 saturated heterocycles. The number of imidazole rings is 1. The Bertz CT molecular complexity index is 1250. The fourth-order valence-electron chi connectivity index (χ4n) is 3.26. The first-order valence-corrected chi connectivity index (χ1v) is 9.58. The largest absolute Gasteiger partial charge is 0.330 e. The van der Waals surface area contributed by atoms with Crippen LogP contribution in [0.2, 0.25) is 0 Å². The highest BCUT2D eigenvalue weighted by molar-refractivity contribution is 6.52. The molecule has 6 nitrogen and oxygen atoms in total. The van der Waals surface area contributed by atoms with Gasteiger partial charge in [-0.3, -0.25) is 9.78 Å². The van der Waals surface area contributed by atoms with Crippen LogP contribution in [-0.2, 0) is 17.1 Å².